The number of aryl methyl sites for hydroxylation is 1. The smallest absolute Gasteiger partial charge is 0.122 e. The number of hydrogen-bond donors (Lipinski definition) is 2. The minimum absolute atomic E-state index is 0.661. The SMILES string of the molecule is Cn1nc(-c2cc3ccccc3[nH]2)cc1N. The molecule has 4 heteroatoms. The maximum Gasteiger partial charge on any atom is 0.122 e. The highest BCUT2D eigenvalue weighted by Gasteiger charge is 2.07. The largest absolute Gasteiger partial charge is 0.384 e. The summed E-state index contributed by atoms with van der Waals surface area (Å²) in [7, 11) is 1.83. The summed E-state index contributed by atoms with van der Waals surface area (Å²) in [6, 6.07) is 12.1. The summed E-state index contributed by atoms with van der Waals surface area (Å²) >= 11 is 0. The third-order valence-electron chi connectivity index (χ3n) is 2.72. The number of para-hydroxylation sites is 1. The standard InChI is InChI=1S/C12H12N4/c1-16-12(13)7-11(15-16)10-6-8-4-2-3-5-9(8)14-10/h2-7,14H,13H2,1H3. The van der Waals surface area contributed by atoms with Gasteiger partial charge in [-0.25, -0.2) is 0 Å². The highest BCUT2D eigenvalue weighted by molar-refractivity contribution is 5.85. The van der Waals surface area contributed by atoms with Crippen molar-refractivity contribution < 1.29 is 0 Å². The number of fused-ring (bicyclic) bond motifs is 1. The van der Waals surface area contributed by atoms with E-state index in [-0.39, 0.29) is 0 Å². The van der Waals surface area contributed by atoms with Gasteiger partial charge in [0.15, 0.2) is 0 Å². The number of nitrogens with one attached hydrogen (secondary N) is 1. The van der Waals surface area contributed by atoms with E-state index >= 15 is 0 Å². The first-order valence-corrected chi connectivity index (χ1v) is 5.12. The highest BCUT2D eigenvalue weighted by atomic mass is 15.3. The van der Waals surface area contributed by atoms with Gasteiger partial charge < -0.3 is 10.7 Å². The lowest BCUT2D eigenvalue weighted by atomic mass is 10.2. The van der Waals surface area contributed by atoms with Gasteiger partial charge in [0.05, 0.1) is 5.69 Å². The topological polar surface area (TPSA) is 59.6 Å². The summed E-state index contributed by atoms with van der Waals surface area (Å²) in [5, 5.41) is 5.52. The molecule has 1 aromatic carbocycles. The van der Waals surface area contributed by atoms with Gasteiger partial charge in [0.1, 0.15) is 11.5 Å². The monoisotopic (exact) mass is 212 g/mol. The number of nitrogens with two attached hydrogens (primary N) is 1. The zero-order chi connectivity index (χ0) is 11.1. The summed E-state index contributed by atoms with van der Waals surface area (Å²) in [5.41, 5.74) is 8.74. The number of rotatable bonds is 1. The van der Waals surface area contributed by atoms with Gasteiger partial charge in [-0.05, 0) is 12.1 Å². The van der Waals surface area contributed by atoms with Gasteiger partial charge >= 0.3 is 0 Å². The van der Waals surface area contributed by atoms with Gasteiger partial charge in [0.2, 0.25) is 0 Å². The second kappa shape index (κ2) is 3.13. The van der Waals surface area contributed by atoms with Crippen molar-refractivity contribution in [3.8, 4) is 11.4 Å². The Labute approximate surface area is 92.7 Å². The van der Waals surface area contributed by atoms with E-state index in [1.54, 1.807) is 4.68 Å². The van der Waals surface area contributed by atoms with E-state index < -0.39 is 0 Å². The number of nitrogen functional groups attached to an aromatic ring is 1. The lowest BCUT2D eigenvalue weighted by Gasteiger charge is -1.89. The van der Waals surface area contributed by atoms with Crippen LogP contribution in [0.25, 0.3) is 22.3 Å². The Morgan fingerprint density at radius 1 is 1.25 bits per heavy atom. The lowest BCUT2D eigenvalue weighted by Crippen LogP contribution is -1.96. The van der Waals surface area contributed by atoms with Gasteiger partial charge in [0.25, 0.3) is 0 Å². The predicted molar refractivity (Wildman–Crippen MR) is 64.9 cm³/mol. The number of nitrogens with zero attached hydrogens (tertiary/aromatic N) is 2. The van der Waals surface area contributed by atoms with Crippen LogP contribution in [0, 0.1) is 0 Å². The third kappa shape index (κ3) is 1.27. The van der Waals surface area contributed by atoms with Crippen molar-refractivity contribution in [3.05, 3.63) is 36.4 Å². The molecule has 0 aliphatic rings. The van der Waals surface area contributed by atoms with Gasteiger partial charge in [-0.15, -0.1) is 0 Å². The Balaban J connectivity index is 2.18. The molecule has 2 heterocycles. The molecule has 0 aliphatic heterocycles. The fraction of sp³-hybridized carbons (Fsp3) is 0.0833. The second-order valence-electron chi connectivity index (χ2n) is 3.85. The minimum atomic E-state index is 0.661. The Hall–Kier alpha value is -2.23. The zero-order valence-electron chi connectivity index (χ0n) is 8.94. The molecule has 3 rings (SSSR count). The fourth-order valence-corrected chi connectivity index (χ4v) is 1.82. The lowest BCUT2D eigenvalue weighted by molar-refractivity contribution is 0.781. The normalized spacial score (nSPS) is 11.1. The Bertz CT molecular complexity index is 595. The van der Waals surface area contributed by atoms with Gasteiger partial charge in [0, 0.05) is 24.0 Å². The van der Waals surface area contributed by atoms with E-state index in [0.717, 1.165) is 16.9 Å². The quantitative estimate of drug-likeness (QED) is 0.649. The number of benzene rings is 1. The van der Waals surface area contributed by atoms with Crippen molar-refractivity contribution in [2.45, 2.75) is 0 Å². The van der Waals surface area contributed by atoms with E-state index in [4.69, 9.17) is 5.73 Å². The average molecular weight is 212 g/mol. The van der Waals surface area contributed by atoms with E-state index in [2.05, 4.69) is 22.2 Å². The van der Waals surface area contributed by atoms with Crippen molar-refractivity contribution in [2.24, 2.45) is 7.05 Å². The Morgan fingerprint density at radius 3 is 2.75 bits per heavy atom. The first kappa shape index (κ1) is 9.03. The summed E-state index contributed by atoms with van der Waals surface area (Å²) in [6.07, 6.45) is 0. The molecule has 4 nitrogen and oxygen atoms in total. The molecule has 0 aliphatic carbocycles. The van der Waals surface area contributed by atoms with Crippen LogP contribution in [-0.2, 0) is 7.05 Å². The van der Waals surface area contributed by atoms with Crippen LogP contribution in [-0.4, -0.2) is 14.8 Å². The van der Waals surface area contributed by atoms with Crippen LogP contribution >= 0.6 is 0 Å². The molecule has 0 amide bonds. The molecule has 0 atom stereocenters. The van der Waals surface area contributed by atoms with Crippen LogP contribution in [0.15, 0.2) is 36.4 Å². The van der Waals surface area contributed by atoms with Crippen LogP contribution in [0.5, 0.6) is 0 Å². The summed E-state index contributed by atoms with van der Waals surface area (Å²) in [6.45, 7) is 0. The molecule has 3 N–H and O–H groups in total. The van der Waals surface area contributed by atoms with Crippen molar-refractivity contribution >= 4 is 16.7 Å². The van der Waals surface area contributed by atoms with Crippen molar-refractivity contribution in [1.29, 1.82) is 0 Å². The third-order valence-corrected chi connectivity index (χ3v) is 2.72. The van der Waals surface area contributed by atoms with E-state index in [0.29, 0.717) is 5.82 Å². The average Bonchev–Trinajstić information content (AvgIpc) is 2.83. The van der Waals surface area contributed by atoms with Crippen LogP contribution in [0.3, 0.4) is 0 Å². The fourth-order valence-electron chi connectivity index (χ4n) is 1.82. The first-order valence-electron chi connectivity index (χ1n) is 5.12. The number of hydrogen-bond acceptors (Lipinski definition) is 2. The van der Waals surface area contributed by atoms with Crippen molar-refractivity contribution in [2.75, 3.05) is 5.73 Å². The summed E-state index contributed by atoms with van der Waals surface area (Å²) in [4.78, 5) is 3.32. The van der Waals surface area contributed by atoms with Crippen molar-refractivity contribution in [3.63, 3.8) is 0 Å². The van der Waals surface area contributed by atoms with Crippen molar-refractivity contribution in [1.82, 2.24) is 14.8 Å². The Kier molecular flexibility index (Phi) is 1.77. The van der Waals surface area contributed by atoms with E-state index in [1.807, 2.05) is 31.3 Å². The molecule has 2 aromatic heterocycles. The maximum atomic E-state index is 5.76. The molecule has 0 spiro atoms. The Morgan fingerprint density at radius 2 is 2.06 bits per heavy atom. The molecule has 0 fully saturated rings. The molecule has 0 saturated heterocycles. The van der Waals surface area contributed by atoms with E-state index in [9.17, 15) is 0 Å². The zero-order valence-corrected chi connectivity index (χ0v) is 8.94. The van der Waals surface area contributed by atoms with Crippen LogP contribution < -0.4 is 5.73 Å². The number of aromatic nitrogens is 3. The van der Waals surface area contributed by atoms with Gasteiger partial charge in [-0.2, -0.15) is 5.10 Å². The molecule has 80 valence electrons. The minimum Gasteiger partial charge on any atom is -0.384 e. The molecular formula is C12H12N4. The number of aromatic amines is 1. The maximum absolute atomic E-state index is 5.76. The summed E-state index contributed by atoms with van der Waals surface area (Å²) in [5.74, 6) is 0.661. The van der Waals surface area contributed by atoms with Gasteiger partial charge in [-0.1, -0.05) is 18.2 Å². The molecule has 0 bridgehead atoms. The summed E-state index contributed by atoms with van der Waals surface area (Å²) < 4.78 is 1.67. The molecule has 0 saturated carbocycles. The van der Waals surface area contributed by atoms with Crippen LogP contribution in [0.4, 0.5) is 5.82 Å². The number of anilines is 1. The highest BCUT2D eigenvalue weighted by Crippen LogP contribution is 2.23. The predicted octanol–water partition coefficient (Wildman–Crippen LogP) is 2.15. The second-order valence-corrected chi connectivity index (χ2v) is 3.85. The molecule has 16 heavy (non-hydrogen) atoms. The molecule has 0 radical (unpaired) electrons. The number of H-pyrrole nitrogens is 1. The van der Waals surface area contributed by atoms with Gasteiger partial charge in [-0.3, -0.25) is 4.68 Å². The molecule has 3 aromatic rings. The van der Waals surface area contributed by atoms with Crippen LogP contribution in [0.2, 0.25) is 0 Å². The van der Waals surface area contributed by atoms with E-state index in [1.165, 1.54) is 5.39 Å². The van der Waals surface area contributed by atoms with Crippen LogP contribution in [0.1, 0.15) is 0 Å². The molecule has 0 unspecified atom stereocenters. The first-order chi connectivity index (χ1) is 7.74. The molecular weight excluding hydrogens is 200 g/mol.